The van der Waals surface area contributed by atoms with E-state index in [1.165, 1.54) is 38.5 Å². The summed E-state index contributed by atoms with van der Waals surface area (Å²) in [5.74, 6) is 0. The van der Waals surface area contributed by atoms with Crippen LogP contribution in [0.3, 0.4) is 0 Å². The van der Waals surface area contributed by atoms with Crippen LogP contribution < -0.4 is 0 Å². The Balaban J connectivity index is 2.30. The molecule has 0 atom stereocenters. The van der Waals surface area contributed by atoms with Gasteiger partial charge in [0.05, 0.1) is 0 Å². The summed E-state index contributed by atoms with van der Waals surface area (Å²) in [6, 6.07) is 0. The van der Waals surface area contributed by atoms with Crippen molar-refractivity contribution in [1.29, 1.82) is 0 Å². The molecule has 0 aromatic rings. The van der Waals surface area contributed by atoms with Crippen LogP contribution in [0.4, 0.5) is 0 Å². The summed E-state index contributed by atoms with van der Waals surface area (Å²) >= 11 is 4.85. The molecule has 0 saturated heterocycles. The van der Waals surface area contributed by atoms with Crippen LogP contribution in [0.25, 0.3) is 0 Å². The van der Waals surface area contributed by atoms with Gasteiger partial charge in [0.1, 0.15) is 0 Å². The summed E-state index contributed by atoms with van der Waals surface area (Å²) < 4.78 is 0. The smallest absolute Gasteiger partial charge is 0.0210 e. The predicted octanol–water partition coefficient (Wildman–Crippen LogP) is 3.74. The summed E-state index contributed by atoms with van der Waals surface area (Å²) in [7, 11) is 0. The van der Waals surface area contributed by atoms with E-state index in [1.54, 1.807) is 0 Å². The van der Waals surface area contributed by atoms with Gasteiger partial charge in [-0.25, -0.2) is 0 Å². The van der Waals surface area contributed by atoms with E-state index in [4.69, 9.17) is 12.2 Å². The molecule has 0 bridgehead atoms. The first kappa shape index (κ1) is 9.18. The van der Waals surface area contributed by atoms with Gasteiger partial charge in [-0.1, -0.05) is 38.4 Å². The lowest BCUT2D eigenvalue weighted by Crippen LogP contribution is -2.19. The highest BCUT2D eigenvalue weighted by Crippen LogP contribution is 2.39. The first-order valence-electron chi connectivity index (χ1n) is 4.70. The second kappa shape index (κ2) is 4.20. The van der Waals surface area contributed by atoms with Gasteiger partial charge in [-0.05, 0) is 36.5 Å². The minimum absolute atomic E-state index is 0.632. The van der Waals surface area contributed by atoms with Crippen molar-refractivity contribution in [3.8, 4) is 0 Å². The highest BCUT2D eigenvalue weighted by atomic mass is 32.1. The van der Waals surface area contributed by atoms with Gasteiger partial charge in [-0.15, -0.1) is 0 Å². The first-order chi connectivity index (χ1) is 5.27. The molecule has 1 fully saturated rings. The Morgan fingerprint density at radius 3 is 2.45 bits per heavy atom. The fourth-order valence-corrected chi connectivity index (χ4v) is 2.18. The van der Waals surface area contributed by atoms with Crippen molar-refractivity contribution in [2.75, 3.05) is 0 Å². The highest BCUT2D eigenvalue weighted by molar-refractivity contribution is 7.78. The molecule has 0 nitrogen and oxygen atoms in total. The maximum absolute atomic E-state index is 4.85. The minimum Gasteiger partial charge on any atom is -0.0935 e. The van der Waals surface area contributed by atoms with Gasteiger partial charge >= 0.3 is 0 Å². The summed E-state index contributed by atoms with van der Waals surface area (Å²) in [5.41, 5.74) is 0.632. The number of rotatable bonds is 3. The monoisotopic (exact) mass is 170 g/mol. The fraction of sp³-hybridized carbons (Fsp3) is 0.900. The van der Waals surface area contributed by atoms with Crippen molar-refractivity contribution in [2.45, 2.75) is 51.9 Å². The summed E-state index contributed by atoms with van der Waals surface area (Å²) in [5, 5.41) is 1.89. The zero-order chi connectivity index (χ0) is 8.16. The fourth-order valence-electron chi connectivity index (χ4n) is 2.06. The van der Waals surface area contributed by atoms with Gasteiger partial charge in [0.2, 0.25) is 0 Å². The molecule has 1 saturated carbocycles. The molecule has 1 heteroatoms. The molecule has 0 spiro atoms. The average Bonchev–Trinajstić information content (AvgIpc) is 2.03. The molecule has 0 N–H and O–H groups in total. The SMILES string of the molecule is CC1(CCC=S)CCCCC1. The molecule has 1 aliphatic rings. The second-order valence-corrected chi connectivity index (χ2v) is 4.41. The van der Waals surface area contributed by atoms with Gasteiger partial charge in [-0.2, -0.15) is 0 Å². The molecule has 0 aliphatic heterocycles. The number of hydrogen-bond donors (Lipinski definition) is 0. The maximum Gasteiger partial charge on any atom is -0.0210 e. The Kier molecular flexibility index (Phi) is 3.50. The lowest BCUT2D eigenvalue weighted by molar-refractivity contribution is 0.203. The molecule has 0 amide bonds. The molecule has 11 heavy (non-hydrogen) atoms. The molecule has 0 aromatic heterocycles. The van der Waals surface area contributed by atoms with Gasteiger partial charge in [0, 0.05) is 0 Å². The molecule has 0 aromatic carbocycles. The van der Waals surface area contributed by atoms with Crippen LogP contribution >= 0.6 is 12.2 Å². The molecule has 64 valence electrons. The minimum atomic E-state index is 0.632. The third-order valence-electron chi connectivity index (χ3n) is 2.93. The lowest BCUT2D eigenvalue weighted by Gasteiger charge is -2.33. The Morgan fingerprint density at radius 2 is 1.91 bits per heavy atom. The normalized spacial score (nSPS) is 23.0. The van der Waals surface area contributed by atoms with Crippen molar-refractivity contribution in [3.05, 3.63) is 0 Å². The van der Waals surface area contributed by atoms with E-state index in [0.29, 0.717) is 5.41 Å². The highest BCUT2D eigenvalue weighted by Gasteiger charge is 2.25. The van der Waals surface area contributed by atoms with Gasteiger partial charge in [0.15, 0.2) is 0 Å². The zero-order valence-electron chi connectivity index (χ0n) is 7.44. The summed E-state index contributed by atoms with van der Waals surface area (Å²) in [6.07, 6.45) is 9.63. The number of hydrogen-bond acceptors (Lipinski definition) is 1. The van der Waals surface area contributed by atoms with Crippen molar-refractivity contribution in [1.82, 2.24) is 0 Å². The molecule has 0 radical (unpaired) electrons. The van der Waals surface area contributed by atoms with E-state index in [0.717, 1.165) is 6.42 Å². The average molecular weight is 170 g/mol. The van der Waals surface area contributed by atoms with Crippen molar-refractivity contribution >= 4 is 17.6 Å². The van der Waals surface area contributed by atoms with E-state index >= 15 is 0 Å². The third-order valence-corrected chi connectivity index (χ3v) is 3.16. The van der Waals surface area contributed by atoms with Crippen LogP contribution in [0.2, 0.25) is 0 Å². The Labute approximate surface area is 75.4 Å². The van der Waals surface area contributed by atoms with Crippen LogP contribution in [0, 0.1) is 5.41 Å². The van der Waals surface area contributed by atoms with Crippen molar-refractivity contribution < 1.29 is 0 Å². The molecular weight excluding hydrogens is 152 g/mol. The Morgan fingerprint density at radius 1 is 1.27 bits per heavy atom. The van der Waals surface area contributed by atoms with E-state index in [-0.39, 0.29) is 0 Å². The molecule has 1 aliphatic carbocycles. The summed E-state index contributed by atoms with van der Waals surface area (Å²) in [6.45, 7) is 2.42. The number of thiocarbonyl (C=S) groups is 1. The molecule has 0 heterocycles. The molecule has 1 rings (SSSR count). The van der Waals surface area contributed by atoms with Gasteiger partial charge < -0.3 is 0 Å². The van der Waals surface area contributed by atoms with Gasteiger partial charge in [-0.3, -0.25) is 0 Å². The topological polar surface area (TPSA) is 0 Å². The molecule has 0 unspecified atom stereocenters. The van der Waals surface area contributed by atoms with Crippen LogP contribution in [-0.4, -0.2) is 5.37 Å². The van der Waals surface area contributed by atoms with Crippen molar-refractivity contribution in [3.63, 3.8) is 0 Å². The first-order valence-corrected chi connectivity index (χ1v) is 5.18. The second-order valence-electron chi connectivity index (χ2n) is 4.08. The van der Waals surface area contributed by atoms with Crippen molar-refractivity contribution in [2.24, 2.45) is 5.41 Å². The Hall–Kier alpha value is 0.0900. The molecular formula is C10H18S. The van der Waals surface area contributed by atoms with E-state index < -0.39 is 0 Å². The van der Waals surface area contributed by atoms with Crippen LogP contribution in [0.5, 0.6) is 0 Å². The largest absolute Gasteiger partial charge is 0.0935 e. The quantitative estimate of drug-likeness (QED) is 0.581. The predicted molar refractivity (Wildman–Crippen MR) is 54.1 cm³/mol. The summed E-state index contributed by atoms with van der Waals surface area (Å²) in [4.78, 5) is 0. The van der Waals surface area contributed by atoms with Crippen LogP contribution in [-0.2, 0) is 0 Å². The Bertz CT molecular complexity index is 123. The van der Waals surface area contributed by atoms with E-state index in [1.807, 2.05) is 5.37 Å². The maximum atomic E-state index is 4.85. The van der Waals surface area contributed by atoms with Crippen LogP contribution in [0.1, 0.15) is 51.9 Å². The zero-order valence-corrected chi connectivity index (χ0v) is 8.25. The van der Waals surface area contributed by atoms with Crippen LogP contribution in [0.15, 0.2) is 0 Å². The lowest BCUT2D eigenvalue weighted by atomic mass is 9.73. The standard InChI is InChI=1S/C10H18S/c1-10(8-5-9-11)6-3-2-4-7-10/h9H,2-8H2,1H3. The van der Waals surface area contributed by atoms with E-state index in [2.05, 4.69) is 6.92 Å². The van der Waals surface area contributed by atoms with Gasteiger partial charge in [0.25, 0.3) is 0 Å². The van der Waals surface area contributed by atoms with E-state index in [9.17, 15) is 0 Å². The third kappa shape index (κ3) is 2.90.